The van der Waals surface area contributed by atoms with Gasteiger partial charge in [-0.15, -0.1) is 16.8 Å². The molecule has 0 atom stereocenters. The predicted molar refractivity (Wildman–Crippen MR) is 107 cm³/mol. The zero-order valence-electron chi connectivity index (χ0n) is 14.6. The Morgan fingerprint density at radius 2 is 1.92 bits per heavy atom. The maximum Gasteiger partial charge on any atom is 0.191 e. The van der Waals surface area contributed by atoms with Crippen molar-refractivity contribution in [2.24, 2.45) is 0 Å². The van der Waals surface area contributed by atoms with Crippen molar-refractivity contribution in [3.63, 3.8) is 0 Å². The molecule has 1 heterocycles. The van der Waals surface area contributed by atoms with Gasteiger partial charge < -0.3 is 4.74 Å². The Kier molecular flexibility index (Phi) is 6.36. The van der Waals surface area contributed by atoms with Crippen molar-refractivity contribution in [3.8, 4) is 5.75 Å². The van der Waals surface area contributed by atoms with E-state index in [1.165, 1.54) is 5.56 Å². The lowest BCUT2D eigenvalue weighted by molar-refractivity contribution is 0.289. The number of aromatic nitrogens is 3. The van der Waals surface area contributed by atoms with Crippen molar-refractivity contribution in [1.29, 1.82) is 0 Å². The van der Waals surface area contributed by atoms with Crippen molar-refractivity contribution in [2.75, 3.05) is 0 Å². The number of thioether (sulfide) groups is 1. The van der Waals surface area contributed by atoms with Crippen molar-refractivity contribution in [3.05, 3.63) is 83.2 Å². The van der Waals surface area contributed by atoms with Crippen LogP contribution in [-0.2, 0) is 18.9 Å². The van der Waals surface area contributed by atoms with Crippen molar-refractivity contribution >= 4 is 23.4 Å². The molecule has 134 valence electrons. The molecular formula is C20H20ClN3OS. The first-order chi connectivity index (χ1) is 12.7. The van der Waals surface area contributed by atoms with Crippen LogP contribution in [0.1, 0.15) is 17.0 Å². The fraction of sp³-hybridized carbons (Fsp3) is 0.200. The number of benzene rings is 2. The van der Waals surface area contributed by atoms with Gasteiger partial charge >= 0.3 is 0 Å². The van der Waals surface area contributed by atoms with Gasteiger partial charge in [0.15, 0.2) is 11.0 Å². The van der Waals surface area contributed by atoms with Gasteiger partial charge in [-0.25, -0.2) is 0 Å². The van der Waals surface area contributed by atoms with Crippen LogP contribution in [0.2, 0.25) is 5.02 Å². The van der Waals surface area contributed by atoms with Crippen LogP contribution in [0.3, 0.4) is 0 Å². The molecule has 1 aromatic heterocycles. The van der Waals surface area contributed by atoms with Crippen LogP contribution in [0.25, 0.3) is 0 Å². The summed E-state index contributed by atoms with van der Waals surface area (Å²) < 4.78 is 7.86. The monoisotopic (exact) mass is 385 g/mol. The Balaban J connectivity index is 1.70. The first-order valence-corrected chi connectivity index (χ1v) is 9.62. The van der Waals surface area contributed by atoms with E-state index in [-0.39, 0.29) is 0 Å². The molecule has 0 amide bonds. The lowest BCUT2D eigenvalue weighted by Gasteiger charge is -2.09. The van der Waals surface area contributed by atoms with Gasteiger partial charge in [0.1, 0.15) is 12.4 Å². The van der Waals surface area contributed by atoms with Gasteiger partial charge in [0.05, 0.1) is 0 Å². The zero-order valence-corrected chi connectivity index (χ0v) is 16.1. The summed E-state index contributed by atoms with van der Waals surface area (Å²) >= 11 is 7.83. The number of hydrogen-bond donors (Lipinski definition) is 0. The first kappa shape index (κ1) is 18.5. The molecule has 0 unspecified atom stereocenters. The van der Waals surface area contributed by atoms with Crippen LogP contribution >= 0.6 is 23.4 Å². The molecule has 3 rings (SSSR count). The lowest BCUT2D eigenvalue weighted by atomic mass is 10.2. The SMILES string of the molecule is C=CCn1c(COc2ccc(C)cc2)nnc1SCc1ccccc1Cl. The van der Waals surface area contributed by atoms with E-state index in [0.717, 1.165) is 33.1 Å². The van der Waals surface area contributed by atoms with Crippen LogP contribution in [0.5, 0.6) is 5.75 Å². The second kappa shape index (κ2) is 8.92. The van der Waals surface area contributed by atoms with Crippen LogP contribution in [0.4, 0.5) is 0 Å². The Morgan fingerprint density at radius 3 is 2.65 bits per heavy atom. The lowest BCUT2D eigenvalue weighted by Crippen LogP contribution is -2.07. The molecule has 0 fully saturated rings. The molecule has 6 heteroatoms. The third-order valence-electron chi connectivity index (χ3n) is 3.81. The minimum absolute atomic E-state index is 0.358. The molecule has 0 saturated heterocycles. The average molecular weight is 386 g/mol. The van der Waals surface area contributed by atoms with E-state index in [1.54, 1.807) is 11.8 Å². The Labute approximate surface area is 162 Å². The normalized spacial score (nSPS) is 10.7. The quantitative estimate of drug-likeness (QED) is 0.390. The third kappa shape index (κ3) is 4.68. The summed E-state index contributed by atoms with van der Waals surface area (Å²) in [4.78, 5) is 0. The van der Waals surface area contributed by atoms with Gasteiger partial charge in [-0.3, -0.25) is 4.57 Å². The topological polar surface area (TPSA) is 39.9 Å². The fourth-order valence-electron chi connectivity index (χ4n) is 2.39. The minimum atomic E-state index is 0.358. The highest BCUT2D eigenvalue weighted by atomic mass is 35.5. The number of hydrogen-bond acceptors (Lipinski definition) is 4. The van der Waals surface area contributed by atoms with E-state index in [0.29, 0.717) is 13.2 Å². The maximum atomic E-state index is 6.23. The van der Waals surface area contributed by atoms with Gasteiger partial charge in [-0.1, -0.05) is 65.3 Å². The predicted octanol–water partition coefficient (Wildman–Crippen LogP) is 5.30. The van der Waals surface area contributed by atoms with Crippen LogP contribution in [-0.4, -0.2) is 14.8 Å². The highest BCUT2D eigenvalue weighted by Gasteiger charge is 2.13. The zero-order chi connectivity index (χ0) is 18.4. The third-order valence-corrected chi connectivity index (χ3v) is 5.19. The highest BCUT2D eigenvalue weighted by molar-refractivity contribution is 7.98. The second-order valence-electron chi connectivity index (χ2n) is 5.78. The molecule has 0 aliphatic carbocycles. The van der Waals surface area contributed by atoms with E-state index in [2.05, 4.69) is 16.8 Å². The van der Waals surface area contributed by atoms with Crippen molar-refractivity contribution in [2.45, 2.75) is 31.0 Å². The number of halogens is 1. The number of allylic oxidation sites excluding steroid dienone is 1. The number of rotatable bonds is 8. The molecule has 4 nitrogen and oxygen atoms in total. The number of nitrogens with zero attached hydrogens (tertiary/aromatic N) is 3. The summed E-state index contributed by atoms with van der Waals surface area (Å²) in [7, 11) is 0. The first-order valence-electron chi connectivity index (χ1n) is 8.26. The molecular weight excluding hydrogens is 366 g/mol. The summed E-state index contributed by atoms with van der Waals surface area (Å²) in [6.07, 6.45) is 1.83. The summed E-state index contributed by atoms with van der Waals surface area (Å²) in [5.74, 6) is 2.31. The summed E-state index contributed by atoms with van der Waals surface area (Å²) in [5.41, 5.74) is 2.27. The van der Waals surface area contributed by atoms with E-state index in [9.17, 15) is 0 Å². The average Bonchev–Trinajstić information content (AvgIpc) is 3.03. The summed E-state index contributed by atoms with van der Waals surface area (Å²) in [6.45, 7) is 6.87. The molecule has 2 aromatic carbocycles. The second-order valence-corrected chi connectivity index (χ2v) is 7.13. The Hall–Kier alpha value is -2.24. The van der Waals surface area contributed by atoms with Gasteiger partial charge in [0, 0.05) is 17.3 Å². The van der Waals surface area contributed by atoms with Crippen LogP contribution in [0, 0.1) is 6.92 Å². The van der Waals surface area contributed by atoms with E-state index >= 15 is 0 Å². The number of aryl methyl sites for hydroxylation is 1. The number of ether oxygens (including phenoxy) is 1. The van der Waals surface area contributed by atoms with Gasteiger partial charge in [0.2, 0.25) is 0 Å². The molecule has 0 radical (unpaired) electrons. The van der Waals surface area contributed by atoms with Crippen molar-refractivity contribution < 1.29 is 4.74 Å². The van der Waals surface area contributed by atoms with Crippen LogP contribution in [0.15, 0.2) is 66.3 Å². The smallest absolute Gasteiger partial charge is 0.191 e. The molecule has 26 heavy (non-hydrogen) atoms. The van der Waals surface area contributed by atoms with E-state index in [1.807, 2.05) is 66.1 Å². The molecule has 0 N–H and O–H groups in total. The van der Waals surface area contributed by atoms with E-state index in [4.69, 9.17) is 16.3 Å². The van der Waals surface area contributed by atoms with Gasteiger partial charge in [-0.2, -0.15) is 0 Å². The molecule has 0 saturated carbocycles. The van der Waals surface area contributed by atoms with E-state index < -0.39 is 0 Å². The molecule has 0 aliphatic heterocycles. The molecule has 3 aromatic rings. The largest absolute Gasteiger partial charge is 0.486 e. The highest BCUT2D eigenvalue weighted by Crippen LogP contribution is 2.26. The van der Waals surface area contributed by atoms with Gasteiger partial charge in [0.25, 0.3) is 0 Å². The summed E-state index contributed by atoms with van der Waals surface area (Å²) in [5, 5.41) is 10.2. The Bertz CT molecular complexity index is 877. The summed E-state index contributed by atoms with van der Waals surface area (Å²) in [6, 6.07) is 15.8. The molecule has 0 spiro atoms. The van der Waals surface area contributed by atoms with Crippen molar-refractivity contribution in [1.82, 2.24) is 14.8 Å². The standard InChI is InChI=1S/C20H20ClN3OS/c1-3-12-24-19(13-25-17-10-8-15(2)9-11-17)22-23-20(24)26-14-16-6-4-5-7-18(16)21/h3-11H,1,12-14H2,2H3. The van der Waals surface area contributed by atoms with Crippen LogP contribution < -0.4 is 4.74 Å². The fourth-order valence-corrected chi connectivity index (χ4v) is 3.64. The Morgan fingerprint density at radius 1 is 1.15 bits per heavy atom. The van der Waals surface area contributed by atoms with Gasteiger partial charge in [-0.05, 0) is 30.7 Å². The maximum absolute atomic E-state index is 6.23. The molecule has 0 aliphatic rings. The molecule has 0 bridgehead atoms. The minimum Gasteiger partial charge on any atom is -0.486 e.